The lowest BCUT2D eigenvalue weighted by molar-refractivity contribution is 0.466. The first-order valence-corrected chi connectivity index (χ1v) is 8.79. The van der Waals surface area contributed by atoms with Crippen LogP contribution in [-0.2, 0) is 0 Å². The molecule has 3 nitrogen and oxygen atoms in total. The van der Waals surface area contributed by atoms with Gasteiger partial charge in [-0.2, -0.15) is 0 Å². The van der Waals surface area contributed by atoms with Crippen molar-refractivity contribution < 1.29 is 4.42 Å². The molecule has 0 saturated heterocycles. The second kappa shape index (κ2) is 11.8. The molecule has 21 heavy (non-hydrogen) atoms. The maximum atomic E-state index is 5.64. The summed E-state index contributed by atoms with van der Waals surface area (Å²) in [5, 5.41) is 0. The van der Waals surface area contributed by atoms with Gasteiger partial charge in [0.15, 0.2) is 0 Å². The Labute approximate surface area is 130 Å². The van der Waals surface area contributed by atoms with Crippen molar-refractivity contribution in [3.05, 3.63) is 23.7 Å². The second-order valence-electron chi connectivity index (χ2n) is 6.18. The van der Waals surface area contributed by atoms with E-state index in [1.807, 2.05) is 13.2 Å². The van der Waals surface area contributed by atoms with Crippen LogP contribution in [0.1, 0.15) is 94.9 Å². The number of hydrogen-bond donors (Lipinski definition) is 2. The summed E-state index contributed by atoms with van der Waals surface area (Å²) in [6.45, 7) is 4.24. The maximum Gasteiger partial charge on any atom is 0.101 e. The Morgan fingerprint density at radius 3 is 2.05 bits per heavy atom. The minimum absolute atomic E-state index is 0.233. The third-order valence-electron chi connectivity index (χ3n) is 4.20. The van der Waals surface area contributed by atoms with Gasteiger partial charge < -0.3 is 4.42 Å². The predicted molar refractivity (Wildman–Crippen MR) is 90.0 cm³/mol. The van der Waals surface area contributed by atoms with Crippen molar-refractivity contribution in [2.45, 2.75) is 90.5 Å². The fourth-order valence-electron chi connectivity index (χ4n) is 2.83. The molecule has 0 aromatic carbocycles. The zero-order valence-corrected chi connectivity index (χ0v) is 14.0. The number of hydrogen-bond acceptors (Lipinski definition) is 3. The molecule has 1 atom stereocenters. The van der Waals surface area contributed by atoms with Crippen LogP contribution in [0.5, 0.6) is 0 Å². The standard InChI is InChI=1S/C18H34N2O/c1-3-4-5-6-7-8-9-10-11-12-13-18(20-19)17-14-16(2)21-15-17/h14-15,18,20H,3-13,19H2,1-2H3. The molecular formula is C18H34N2O. The summed E-state index contributed by atoms with van der Waals surface area (Å²) in [6.07, 6.45) is 16.6. The molecule has 0 saturated carbocycles. The van der Waals surface area contributed by atoms with Crippen LogP contribution in [-0.4, -0.2) is 0 Å². The lowest BCUT2D eigenvalue weighted by Gasteiger charge is -2.13. The molecule has 0 aliphatic carbocycles. The number of hydrazine groups is 1. The fourth-order valence-corrected chi connectivity index (χ4v) is 2.83. The van der Waals surface area contributed by atoms with Gasteiger partial charge in [0.25, 0.3) is 0 Å². The SMILES string of the molecule is CCCCCCCCCCCCC(NN)c1coc(C)c1. The molecule has 1 unspecified atom stereocenters. The quantitative estimate of drug-likeness (QED) is 0.291. The molecule has 3 heteroatoms. The first-order chi connectivity index (χ1) is 10.3. The molecule has 0 fully saturated rings. The van der Waals surface area contributed by atoms with E-state index in [2.05, 4.69) is 18.4 Å². The van der Waals surface area contributed by atoms with E-state index < -0.39 is 0 Å². The Morgan fingerprint density at radius 2 is 1.57 bits per heavy atom. The van der Waals surface area contributed by atoms with Crippen LogP contribution in [0.25, 0.3) is 0 Å². The molecule has 0 aliphatic rings. The minimum Gasteiger partial charge on any atom is -0.469 e. The van der Waals surface area contributed by atoms with Crippen molar-refractivity contribution >= 4 is 0 Å². The van der Waals surface area contributed by atoms with E-state index in [4.69, 9.17) is 10.3 Å². The number of aryl methyl sites for hydroxylation is 1. The van der Waals surface area contributed by atoms with Gasteiger partial charge in [-0.25, -0.2) is 0 Å². The van der Waals surface area contributed by atoms with Crippen molar-refractivity contribution in [2.24, 2.45) is 5.84 Å². The van der Waals surface area contributed by atoms with Gasteiger partial charge in [-0.15, -0.1) is 0 Å². The van der Waals surface area contributed by atoms with Crippen molar-refractivity contribution in [1.82, 2.24) is 5.43 Å². The van der Waals surface area contributed by atoms with Crippen LogP contribution in [0.15, 0.2) is 16.7 Å². The predicted octanol–water partition coefficient (Wildman–Crippen LogP) is 5.40. The van der Waals surface area contributed by atoms with E-state index in [0.717, 1.165) is 12.2 Å². The molecule has 0 radical (unpaired) electrons. The van der Waals surface area contributed by atoms with Gasteiger partial charge in [0.1, 0.15) is 5.76 Å². The highest BCUT2D eigenvalue weighted by molar-refractivity contribution is 5.15. The van der Waals surface area contributed by atoms with E-state index in [0.29, 0.717) is 0 Å². The Balaban J connectivity index is 1.98. The zero-order valence-electron chi connectivity index (χ0n) is 14.0. The van der Waals surface area contributed by atoms with E-state index in [9.17, 15) is 0 Å². The van der Waals surface area contributed by atoms with Crippen molar-refractivity contribution in [2.75, 3.05) is 0 Å². The number of nitrogens with two attached hydrogens (primary N) is 1. The first kappa shape index (κ1) is 18.2. The van der Waals surface area contributed by atoms with Gasteiger partial charge >= 0.3 is 0 Å². The topological polar surface area (TPSA) is 51.2 Å². The van der Waals surface area contributed by atoms with Crippen molar-refractivity contribution in [1.29, 1.82) is 0 Å². The van der Waals surface area contributed by atoms with E-state index >= 15 is 0 Å². The normalized spacial score (nSPS) is 12.7. The minimum atomic E-state index is 0.233. The van der Waals surface area contributed by atoms with Crippen LogP contribution in [0.3, 0.4) is 0 Å². The van der Waals surface area contributed by atoms with Gasteiger partial charge in [0, 0.05) is 11.6 Å². The van der Waals surface area contributed by atoms with Gasteiger partial charge in [0.05, 0.1) is 6.26 Å². The summed E-state index contributed by atoms with van der Waals surface area (Å²) in [4.78, 5) is 0. The van der Waals surface area contributed by atoms with Crippen molar-refractivity contribution in [3.63, 3.8) is 0 Å². The summed E-state index contributed by atoms with van der Waals surface area (Å²) in [5.41, 5.74) is 4.07. The third kappa shape index (κ3) is 8.27. The molecule has 1 aromatic heterocycles. The van der Waals surface area contributed by atoms with Crippen LogP contribution in [0.2, 0.25) is 0 Å². The third-order valence-corrected chi connectivity index (χ3v) is 4.20. The molecular weight excluding hydrogens is 260 g/mol. The number of rotatable bonds is 13. The zero-order chi connectivity index (χ0) is 15.3. The molecule has 1 aromatic rings. The molecule has 122 valence electrons. The van der Waals surface area contributed by atoms with E-state index in [1.54, 1.807) is 0 Å². The summed E-state index contributed by atoms with van der Waals surface area (Å²) < 4.78 is 5.35. The van der Waals surface area contributed by atoms with E-state index in [1.165, 1.54) is 69.8 Å². The lowest BCUT2D eigenvalue weighted by atomic mass is 10.0. The highest BCUT2D eigenvalue weighted by Gasteiger charge is 2.11. The maximum absolute atomic E-state index is 5.64. The Morgan fingerprint density at radius 1 is 1.00 bits per heavy atom. The average Bonchev–Trinajstić information content (AvgIpc) is 2.91. The van der Waals surface area contributed by atoms with Crippen LogP contribution >= 0.6 is 0 Å². The Hall–Kier alpha value is -0.800. The molecule has 0 spiro atoms. The monoisotopic (exact) mass is 294 g/mol. The molecule has 3 N–H and O–H groups in total. The summed E-state index contributed by atoms with van der Waals surface area (Å²) in [6, 6.07) is 2.30. The van der Waals surface area contributed by atoms with Gasteiger partial charge in [0.2, 0.25) is 0 Å². The average molecular weight is 294 g/mol. The van der Waals surface area contributed by atoms with Crippen LogP contribution in [0.4, 0.5) is 0 Å². The van der Waals surface area contributed by atoms with Crippen LogP contribution in [0, 0.1) is 6.92 Å². The highest BCUT2D eigenvalue weighted by atomic mass is 16.3. The number of furan rings is 1. The first-order valence-electron chi connectivity index (χ1n) is 8.79. The van der Waals surface area contributed by atoms with Crippen molar-refractivity contribution in [3.8, 4) is 0 Å². The summed E-state index contributed by atoms with van der Waals surface area (Å²) in [7, 11) is 0. The molecule has 0 amide bonds. The Bertz CT molecular complexity index is 349. The number of nitrogens with one attached hydrogen (secondary N) is 1. The molecule has 0 bridgehead atoms. The summed E-state index contributed by atoms with van der Waals surface area (Å²) in [5.74, 6) is 6.59. The number of unbranched alkanes of at least 4 members (excludes halogenated alkanes) is 9. The summed E-state index contributed by atoms with van der Waals surface area (Å²) >= 11 is 0. The van der Waals surface area contributed by atoms with Gasteiger partial charge in [-0.1, -0.05) is 71.1 Å². The molecule has 0 aliphatic heterocycles. The molecule has 1 heterocycles. The smallest absolute Gasteiger partial charge is 0.101 e. The molecule has 1 rings (SSSR count). The fraction of sp³-hybridized carbons (Fsp3) is 0.778. The second-order valence-corrected chi connectivity index (χ2v) is 6.18. The highest BCUT2D eigenvalue weighted by Crippen LogP contribution is 2.21. The Kier molecular flexibility index (Phi) is 10.3. The lowest BCUT2D eigenvalue weighted by Crippen LogP contribution is -2.27. The van der Waals surface area contributed by atoms with E-state index in [-0.39, 0.29) is 6.04 Å². The van der Waals surface area contributed by atoms with Gasteiger partial charge in [-0.3, -0.25) is 11.3 Å². The van der Waals surface area contributed by atoms with Crippen LogP contribution < -0.4 is 11.3 Å². The van der Waals surface area contributed by atoms with Gasteiger partial charge in [-0.05, 0) is 19.4 Å². The largest absolute Gasteiger partial charge is 0.469 e.